The minimum absolute atomic E-state index is 0.459. The summed E-state index contributed by atoms with van der Waals surface area (Å²) in [6.45, 7) is 0. The van der Waals surface area contributed by atoms with Gasteiger partial charge in [-0.05, 0) is 123 Å². The van der Waals surface area contributed by atoms with E-state index < -0.39 is 5.41 Å². The zero-order valence-corrected chi connectivity index (χ0v) is 38.5. The van der Waals surface area contributed by atoms with E-state index in [0.29, 0.717) is 0 Å². The van der Waals surface area contributed by atoms with Crippen LogP contribution in [0.1, 0.15) is 22.3 Å². The quantitative estimate of drug-likeness (QED) is 0.160. The van der Waals surface area contributed by atoms with Crippen molar-refractivity contribution in [1.82, 2.24) is 0 Å². The molecule has 0 aliphatic heterocycles. The summed E-state index contributed by atoms with van der Waals surface area (Å²) < 4.78 is 14.1. The SMILES string of the molecule is c1ccc(N(c2ccccc2)c2cc(-c3cccc4c3oc3ccc5c(c34)-c3ccccc3C53c4ccccc4-c4ccccc43)cc(N(c3ccccc3)c3cccc4c3oc3ccccc34)c2)cc1. The highest BCUT2D eigenvalue weighted by atomic mass is 16.3. The molecule has 0 atom stereocenters. The van der Waals surface area contributed by atoms with Crippen LogP contribution in [0.2, 0.25) is 0 Å². The van der Waals surface area contributed by atoms with Crippen molar-refractivity contribution in [1.29, 1.82) is 0 Å². The molecule has 2 aliphatic rings. The average molecular weight is 907 g/mol. The largest absolute Gasteiger partial charge is 0.455 e. The molecule has 332 valence electrons. The second kappa shape index (κ2) is 15.3. The predicted molar refractivity (Wildman–Crippen MR) is 292 cm³/mol. The lowest BCUT2D eigenvalue weighted by molar-refractivity contribution is 0.669. The predicted octanol–water partition coefficient (Wildman–Crippen LogP) is 18.4. The lowest BCUT2D eigenvalue weighted by atomic mass is 9.70. The van der Waals surface area contributed by atoms with E-state index in [1.807, 2.05) is 6.07 Å². The van der Waals surface area contributed by atoms with Crippen molar-refractivity contribution in [2.24, 2.45) is 0 Å². The first kappa shape index (κ1) is 39.6. The standard InChI is InChI=1S/C67H42N2O2/c1-4-20-44(21-5-1)68(45-22-6-2-7-23-45)47-40-43(41-48(42-47)69(46-24-8-3-9-25-46)60-36-19-31-53-52-28-13-17-37-61(52)70-66(53)60)49-30-18-32-55-64-62(71-65(49)55)39-38-59-63(64)54-29-12-16-35-58(54)67(59)56-33-14-10-26-50(56)51-27-11-15-34-57(51)67/h1-42H. The third-order valence-corrected chi connectivity index (χ3v) is 15.0. The smallest absolute Gasteiger partial charge is 0.159 e. The number of furan rings is 2. The van der Waals surface area contributed by atoms with Crippen molar-refractivity contribution in [3.8, 4) is 33.4 Å². The van der Waals surface area contributed by atoms with Crippen molar-refractivity contribution < 1.29 is 8.83 Å². The fourth-order valence-corrected chi connectivity index (χ4v) is 12.2. The Morgan fingerprint density at radius 3 is 1.46 bits per heavy atom. The maximum absolute atomic E-state index is 7.26. The Morgan fingerprint density at radius 2 is 0.789 bits per heavy atom. The molecule has 0 saturated carbocycles. The Kier molecular flexibility index (Phi) is 8.54. The van der Waals surface area contributed by atoms with Crippen LogP contribution < -0.4 is 9.80 Å². The van der Waals surface area contributed by atoms with E-state index in [4.69, 9.17) is 8.83 Å². The molecule has 4 heteroatoms. The molecule has 2 heterocycles. The average Bonchev–Trinajstić information content (AvgIpc) is 4.18. The molecule has 13 aromatic rings. The van der Waals surface area contributed by atoms with Gasteiger partial charge in [0.05, 0.1) is 11.1 Å². The van der Waals surface area contributed by atoms with Crippen molar-refractivity contribution in [3.05, 3.63) is 277 Å². The van der Waals surface area contributed by atoms with Crippen LogP contribution in [0.4, 0.5) is 34.1 Å². The third-order valence-electron chi connectivity index (χ3n) is 15.0. The Morgan fingerprint density at radius 1 is 0.296 bits per heavy atom. The highest BCUT2D eigenvalue weighted by Crippen LogP contribution is 2.64. The summed E-state index contributed by atoms with van der Waals surface area (Å²) in [6.07, 6.45) is 0. The molecule has 11 aromatic carbocycles. The molecule has 0 N–H and O–H groups in total. The molecule has 2 aliphatic carbocycles. The first-order valence-corrected chi connectivity index (χ1v) is 24.3. The highest BCUT2D eigenvalue weighted by Gasteiger charge is 2.52. The number of nitrogens with zero attached hydrogens (tertiary/aromatic N) is 2. The van der Waals surface area contributed by atoms with Gasteiger partial charge in [-0.15, -0.1) is 0 Å². The van der Waals surface area contributed by atoms with Gasteiger partial charge in [0.15, 0.2) is 5.58 Å². The molecule has 0 amide bonds. The second-order valence-corrected chi connectivity index (χ2v) is 18.7. The van der Waals surface area contributed by atoms with Gasteiger partial charge in [0.1, 0.15) is 16.7 Å². The van der Waals surface area contributed by atoms with Crippen LogP contribution in [-0.4, -0.2) is 0 Å². The molecular formula is C67H42N2O2. The Balaban J connectivity index is 1.01. The molecule has 71 heavy (non-hydrogen) atoms. The minimum Gasteiger partial charge on any atom is -0.455 e. The Hall–Kier alpha value is -9.38. The number of hydrogen-bond acceptors (Lipinski definition) is 4. The number of benzene rings is 11. The fourth-order valence-electron chi connectivity index (χ4n) is 12.2. The van der Waals surface area contributed by atoms with Gasteiger partial charge in [0.25, 0.3) is 0 Å². The van der Waals surface area contributed by atoms with Gasteiger partial charge in [0, 0.05) is 55.5 Å². The number of para-hydroxylation sites is 6. The summed E-state index contributed by atoms with van der Waals surface area (Å²) in [6, 6.07) is 91.8. The van der Waals surface area contributed by atoms with E-state index >= 15 is 0 Å². The summed E-state index contributed by atoms with van der Waals surface area (Å²) in [5.74, 6) is 0. The van der Waals surface area contributed by atoms with Gasteiger partial charge in [0.2, 0.25) is 0 Å². The van der Waals surface area contributed by atoms with Crippen LogP contribution in [-0.2, 0) is 5.41 Å². The van der Waals surface area contributed by atoms with Crippen molar-refractivity contribution in [3.63, 3.8) is 0 Å². The van der Waals surface area contributed by atoms with Crippen molar-refractivity contribution >= 4 is 78.0 Å². The molecule has 15 rings (SSSR count). The lowest BCUT2D eigenvalue weighted by Crippen LogP contribution is -2.25. The van der Waals surface area contributed by atoms with Gasteiger partial charge in [-0.3, -0.25) is 0 Å². The molecule has 1 spiro atoms. The number of fused-ring (bicyclic) bond motifs is 17. The van der Waals surface area contributed by atoms with E-state index in [9.17, 15) is 0 Å². The van der Waals surface area contributed by atoms with Crippen LogP contribution in [0.25, 0.3) is 77.3 Å². The summed E-state index contributed by atoms with van der Waals surface area (Å²) in [7, 11) is 0. The molecule has 4 nitrogen and oxygen atoms in total. The van der Waals surface area contributed by atoms with E-state index in [-0.39, 0.29) is 0 Å². The summed E-state index contributed by atoms with van der Waals surface area (Å²) in [5, 5.41) is 4.38. The maximum atomic E-state index is 7.26. The molecule has 2 aromatic heterocycles. The lowest BCUT2D eigenvalue weighted by Gasteiger charge is -2.30. The number of anilines is 6. The molecule has 0 radical (unpaired) electrons. The molecule has 0 fully saturated rings. The van der Waals surface area contributed by atoms with Gasteiger partial charge in [-0.25, -0.2) is 0 Å². The maximum Gasteiger partial charge on any atom is 0.159 e. The molecule has 0 bridgehead atoms. The van der Waals surface area contributed by atoms with Crippen molar-refractivity contribution in [2.45, 2.75) is 5.41 Å². The van der Waals surface area contributed by atoms with Crippen LogP contribution in [0, 0.1) is 0 Å². The monoisotopic (exact) mass is 906 g/mol. The van der Waals surface area contributed by atoms with E-state index in [1.165, 1.54) is 44.5 Å². The van der Waals surface area contributed by atoms with Gasteiger partial charge in [-0.1, -0.05) is 182 Å². The molecular weight excluding hydrogens is 865 g/mol. The summed E-state index contributed by atoms with van der Waals surface area (Å²) in [4.78, 5) is 4.68. The Labute approximate surface area is 410 Å². The van der Waals surface area contributed by atoms with E-state index in [1.54, 1.807) is 0 Å². The molecule has 0 saturated heterocycles. The van der Waals surface area contributed by atoms with Gasteiger partial charge in [-0.2, -0.15) is 0 Å². The van der Waals surface area contributed by atoms with Crippen LogP contribution in [0.5, 0.6) is 0 Å². The minimum atomic E-state index is -0.459. The fraction of sp³-hybridized carbons (Fsp3) is 0.0149. The van der Waals surface area contributed by atoms with Gasteiger partial charge >= 0.3 is 0 Å². The second-order valence-electron chi connectivity index (χ2n) is 18.7. The third kappa shape index (κ3) is 5.67. The van der Waals surface area contributed by atoms with Gasteiger partial charge < -0.3 is 18.6 Å². The van der Waals surface area contributed by atoms with Crippen molar-refractivity contribution in [2.75, 3.05) is 9.80 Å². The first-order valence-electron chi connectivity index (χ1n) is 24.3. The highest BCUT2D eigenvalue weighted by molar-refractivity contribution is 6.19. The van der Waals surface area contributed by atoms with E-state index in [0.717, 1.165) is 89.1 Å². The zero-order chi connectivity index (χ0) is 46.6. The topological polar surface area (TPSA) is 32.8 Å². The summed E-state index contributed by atoms with van der Waals surface area (Å²) in [5.41, 5.74) is 21.3. The summed E-state index contributed by atoms with van der Waals surface area (Å²) >= 11 is 0. The first-order chi connectivity index (χ1) is 35.2. The number of rotatable bonds is 7. The number of hydrogen-bond donors (Lipinski definition) is 0. The zero-order valence-electron chi connectivity index (χ0n) is 38.5. The van der Waals surface area contributed by atoms with E-state index in [2.05, 4.69) is 259 Å². The molecule has 0 unspecified atom stereocenters. The normalized spacial score (nSPS) is 12.9. The van der Waals surface area contributed by atoms with Crippen LogP contribution in [0.15, 0.2) is 264 Å². The Bertz CT molecular complexity index is 4160. The van der Waals surface area contributed by atoms with Crippen LogP contribution >= 0.6 is 0 Å². The van der Waals surface area contributed by atoms with Crippen LogP contribution in [0.3, 0.4) is 0 Å².